The lowest BCUT2D eigenvalue weighted by atomic mass is 9.84. The fraction of sp³-hybridized carbons (Fsp3) is 0.429. The van der Waals surface area contributed by atoms with Crippen molar-refractivity contribution in [3.63, 3.8) is 0 Å². The van der Waals surface area contributed by atoms with Crippen LogP contribution in [0.3, 0.4) is 0 Å². The molecule has 35 heavy (non-hydrogen) atoms. The Kier molecular flexibility index (Phi) is 8.38. The van der Waals surface area contributed by atoms with Gasteiger partial charge in [-0.2, -0.15) is 5.26 Å². The Bertz CT molecular complexity index is 1220. The highest BCUT2D eigenvalue weighted by atomic mass is 35.5. The second-order valence-electron chi connectivity index (χ2n) is 9.80. The molecule has 0 unspecified atom stereocenters. The number of amides is 1. The first-order valence-electron chi connectivity index (χ1n) is 12.4. The second kappa shape index (κ2) is 11.5. The number of nitrogens with zero attached hydrogens (tertiary/aromatic N) is 2. The van der Waals surface area contributed by atoms with Gasteiger partial charge in [0.05, 0.1) is 22.2 Å². The van der Waals surface area contributed by atoms with Crippen molar-refractivity contribution in [3.8, 4) is 6.07 Å². The number of carbonyl (C=O) groups is 1. The van der Waals surface area contributed by atoms with Gasteiger partial charge in [0.2, 0.25) is 0 Å². The number of rotatable bonds is 5. The van der Waals surface area contributed by atoms with E-state index in [4.69, 9.17) is 16.9 Å². The molecule has 1 fully saturated rings. The first-order chi connectivity index (χ1) is 16.6. The molecule has 184 valence electrons. The predicted molar refractivity (Wildman–Crippen MR) is 143 cm³/mol. The van der Waals surface area contributed by atoms with Gasteiger partial charge in [0.25, 0.3) is 5.91 Å². The number of fused-ring (bicyclic) bond motifs is 2. The molecule has 3 aromatic rings. The Morgan fingerprint density at radius 2 is 1.86 bits per heavy atom. The highest BCUT2D eigenvalue weighted by Gasteiger charge is 2.24. The van der Waals surface area contributed by atoms with Crippen molar-refractivity contribution < 1.29 is 4.79 Å². The van der Waals surface area contributed by atoms with E-state index in [-0.39, 0.29) is 24.4 Å². The second-order valence-corrected chi connectivity index (χ2v) is 10.2. The van der Waals surface area contributed by atoms with Crippen LogP contribution in [0.1, 0.15) is 59.3 Å². The maximum atomic E-state index is 12.8. The van der Waals surface area contributed by atoms with E-state index in [1.54, 1.807) is 0 Å². The number of nitriles is 1. The zero-order valence-electron chi connectivity index (χ0n) is 19.9. The lowest BCUT2D eigenvalue weighted by molar-refractivity contribution is 0.0915. The largest absolute Gasteiger partial charge is 0.349 e. The molecule has 5 nitrogen and oxygen atoms in total. The SMILES string of the molecule is Cl.N#Cc1ccc2c(c1)CCN(CCC1CCC(NC(=O)c3cc4cccc(Cl)c4[nH]3)CC1)CC2. The normalized spacial score (nSPS) is 20.3. The number of aromatic nitrogens is 1. The van der Waals surface area contributed by atoms with Crippen LogP contribution in [0.4, 0.5) is 0 Å². The van der Waals surface area contributed by atoms with Crippen LogP contribution in [0.25, 0.3) is 10.9 Å². The van der Waals surface area contributed by atoms with Gasteiger partial charge >= 0.3 is 0 Å². The molecule has 1 aliphatic carbocycles. The van der Waals surface area contributed by atoms with Crippen LogP contribution in [-0.4, -0.2) is 41.5 Å². The van der Waals surface area contributed by atoms with Gasteiger partial charge < -0.3 is 15.2 Å². The third-order valence-electron chi connectivity index (χ3n) is 7.62. The lowest BCUT2D eigenvalue weighted by Crippen LogP contribution is -2.38. The number of H-pyrrole nitrogens is 1. The average Bonchev–Trinajstić information content (AvgIpc) is 3.20. The third-order valence-corrected chi connectivity index (χ3v) is 7.93. The Hall–Kier alpha value is -2.52. The molecule has 7 heteroatoms. The monoisotopic (exact) mass is 510 g/mol. The Labute approximate surface area is 218 Å². The molecule has 1 amide bonds. The summed E-state index contributed by atoms with van der Waals surface area (Å²) in [7, 11) is 0. The van der Waals surface area contributed by atoms with Gasteiger partial charge in [0, 0.05) is 24.5 Å². The third kappa shape index (κ3) is 6.01. The van der Waals surface area contributed by atoms with E-state index >= 15 is 0 Å². The number of benzene rings is 2. The van der Waals surface area contributed by atoms with Crippen LogP contribution in [-0.2, 0) is 12.8 Å². The number of hydrogen-bond donors (Lipinski definition) is 2. The van der Waals surface area contributed by atoms with Gasteiger partial charge in [-0.3, -0.25) is 4.79 Å². The summed E-state index contributed by atoms with van der Waals surface area (Å²) in [5.41, 5.74) is 4.91. The van der Waals surface area contributed by atoms with Crippen molar-refractivity contribution in [3.05, 3.63) is 69.9 Å². The smallest absolute Gasteiger partial charge is 0.267 e. The summed E-state index contributed by atoms with van der Waals surface area (Å²) >= 11 is 6.24. The van der Waals surface area contributed by atoms with Crippen LogP contribution in [0, 0.1) is 17.2 Å². The van der Waals surface area contributed by atoms with Gasteiger partial charge in [-0.05, 0) is 92.8 Å². The topological polar surface area (TPSA) is 71.9 Å². The summed E-state index contributed by atoms with van der Waals surface area (Å²) in [4.78, 5) is 18.5. The van der Waals surface area contributed by atoms with E-state index in [9.17, 15) is 4.79 Å². The summed E-state index contributed by atoms with van der Waals surface area (Å²) in [5.74, 6) is 0.690. The predicted octanol–water partition coefficient (Wildman–Crippen LogP) is 5.89. The molecule has 2 aliphatic rings. The molecular weight excluding hydrogens is 479 g/mol. The summed E-state index contributed by atoms with van der Waals surface area (Å²) in [6, 6.07) is 16.2. The van der Waals surface area contributed by atoms with Crippen molar-refractivity contribution in [1.82, 2.24) is 15.2 Å². The molecule has 5 rings (SSSR count). The van der Waals surface area contributed by atoms with E-state index in [2.05, 4.69) is 33.4 Å². The molecule has 0 atom stereocenters. The van der Waals surface area contributed by atoms with Gasteiger partial charge in [-0.1, -0.05) is 29.8 Å². The fourth-order valence-corrected chi connectivity index (χ4v) is 5.76. The average molecular weight is 511 g/mol. The molecule has 2 heterocycles. The maximum absolute atomic E-state index is 12.8. The minimum absolute atomic E-state index is 0. The van der Waals surface area contributed by atoms with E-state index in [0.717, 1.165) is 67.7 Å². The highest BCUT2D eigenvalue weighted by Crippen LogP contribution is 2.28. The van der Waals surface area contributed by atoms with Crippen LogP contribution < -0.4 is 5.32 Å². The molecular formula is C28H32Cl2N4O. The zero-order chi connectivity index (χ0) is 23.5. The first kappa shape index (κ1) is 25.6. The molecule has 1 aliphatic heterocycles. The van der Waals surface area contributed by atoms with Crippen molar-refractivity contribution >= 4 is 40.8 Å². The van der Waals surface area contributed by atoms with Crippen LogP contribution >= 0.6 is 24.0 Å². The number of para-hydroxylation sites is 1. The number of nitrogens with one attached hydrogen (secondary N) is 2. The van der Waals surface area contributed by atoms with Gasteiger partial charge in [-0.25, -0.2) is 0 Å². The van der Waals surface area contributed by atoms with Crippen molar-refractivity contribution in [1.29, 1.82) is 5.26 Å². The number of hydrogen-bond acceptors (Lipinski definition) is 3. The lowest BCUT2D eigenvalue weighted by Gasteiger charge is -2.30. The van der Waals surface area contributed by atoms with Gasteiger partial charge in [0.1, 0.15) is 5.69 Å². The molecule has 2 aromatic carbocycles. The van der Waals surface area contributed by atoms with Crippen molar-refractivity contribution in [2.24, 2.45) is 5.92 Å². The number of aromatic amines is 1. The minimum Gasteiger partial charge on any atom is -0.349 e. The highest BCUT2D eigenvalue weighted by molar-refractivity contribution is 6.35. The summed E-state index contributed by atoms with van der Waals surface area (Å²) in [6.07, 6.45) is 7.74. The van der Waals surface area contributed by atoms with Crippen LogP contribution in [0.2, 0.25) is 5.02 Å². The molecule has 0 spiro atoms. The summed E-state index contributed by atoms with van der Waals surface area (Å²) in [5, 5.41) is 14.0. The molecule has 2 N–H and O–H groups in total. The van der Waals surface area contributed by atoms with E-state index in [0.29, 0.717) is 10.7 Å². The van der Waals surface area contributed by atoms with Crippen LogP contribution in [0.5, 0.6) is 0 Å². The minimum atomic E-state index is -0.0422. The van der Waals surface area contributed by atoms with Crippen LogP contribution in [0.15, 0.2) is 42.5 Å². The Morgan fingerprint density at radius 1 is 1.09 bits per heavy atom. The summed E-state index contributed by atoms with van der Waals surface area (Å²) < 4.78 is 0. The van der Waals surface area contributed by atoms with E-state index in [1.165, 1.54) is 30.4 Å². The molecule has 0 bridgehead atoms. The maximum Gasteiger partial charge on any atom is 0.267 e. The molecule has 0 radical (unpaired) electrons. The summed E-state index contributed by atoms with van der Waals surface area (Å²) in [6.45, 7) is 3.30. The van der Waals surface area contributed by atoms with E-state index < -0.39 is 0 Å². The Balaban J connectivity index is 0.00000289. The van der Waals surface area contributed by atoms with Gasteiger partial charge in [-0.15, -0.1) is 12.4 Å². The molecule has 0 saturated heterocycles. The molecule has 1 aromatic heterocycles. The Morgan fingerprint density at radius 3 is 2.60 bits per heavy atom. The van der Waals surface area contributed by atoms with Gasteiger partial charge in [0.15, 0.2) is 0 Å². The van der Waals surface area contributed by atoms with Crippen molar-refractivity contribution in [2.75, 3.05) is 19.6 Å². The van der Waals surface area contributed by atoms with E-state index in [1.807, 2.05) is 30.3 Å². The first-order valence-corrected chi connectivity index (χ1v) is 12.8. The number of carbonyl (C=O) groups excluding carboxylic acids is 1. The standard InChI is InChI=1S/C28H31ClN4O.ClH/c29-25-3-1-2-23-17-26(32-27(23)25)28(34)31-24-8-5-19(6-9-24)10-13-33-14-11-21-7-4-20(18-30)16-22(21)12-15-33;/h1-4,7,16-17,19,24,32H,5-6,8-15H2,(H,31,34);1H. The number of halogens is 2. The quantitative estimate of drug-likeness (QED) is 0.449. The van der Waals surface area contributed by atoms with Crippen molar-refractivity contribution in [2.45, 2.75) is 51.0 Å². The zero-order valence-corrected chi connectivity index (χ0v) is 21.4. The molecule has 1 saturated carbocycles. The fourth-order valence-electron chi connectivity index (χ4n) is 5.53.